The van der Waals surface area contributed by atoms with E-state index in [1.165, 1.54) is 14.1 Å². The zero-order valence-electron chi connectivity index (χ0n) is 5.04. The van der Waals surface area contributed by atoms with Crippen LogP contribution in [0.15, 0.2) is 0 Å². The normalized spacial score (nSPS) is 13.3. The fourth-order valence-electron chi connectivity index (χ4n) is 0.195. The third-order valence-corrected chi connectivity index (χ3v) is 1.38. The molecule has 56 valence electrons. The van der Waals surface area contributed by atoms with Crippen LogP contribution in [0.3, 0.4) is 0 Å². The molecule has 0 fully saturated rings. The lowest BCUT2D eigenvalue weighted by Gasteiger charge is -2.23. The molecule has 0 amide bonds. The zero-order chi connectivity index (χ0) is 7.65. The summed E-state index contributed by atoms with van der Waals surface area (Å²) in [7, 11) is 2.41. The first-order valence-electron chi connectivity index (χ1n) is 2.22. The Morgan fingerprint density at radius 1 is 1.33 bits per heavy atom. The Hall–Kier alpha value is 0.400. The first kappa shape index (κ1) is 9.40. The van der Waals surface area contributed by atoms with Crippen molar-refractivity contribution in [2.75, 3.05) is 14.1 Å². The average Bonchev–Trinajstić information content (AvgIpc) is 1.65. The fraction of sp³-hybridized carbons (Fsp3) is 1.00. The molecule has 0 aliphatic heterocycles. The van der Waals surface area contributed by atoms with E-state index in [9.17, 15) is 8.78 Å². The first-order valence-corrected chi connectivity index (χ1v) is 3.09. The lowest BCUT2D eigenvalue weighted by Crippen LogP contribution is -2.40. The van der Waals surface area contributed by atoms with Crippen molar-refractivity contribution in [3.8, 4) is 0 Å². The van der Waals surface area contributed by atoms with Crippen LogP contribution in [-0.4, -0.2) is 29.9 Å². The van der Waals surface area contributed by atoms with Gasteiger partial charge in [0, 0.05) is 0 Å². The van der Waals surface area contributed by atoms with Gasteiger partial charge in [-0.05, 0) is 14.1 Å². The van der Waals surface area contributed by atoms with Gasteiger partial charge in [0.25, 0.3) is 0 Å². The maximum absolute atomic E-state index is 12.3. The smallest absolute Gasteiger partial charge is 0.248 e. The second-order valence-corrected chi connectivity index (χ2v) is 2.88. The maximum atomic E-state index is 12.3. The Morgan fingerprint density at radius 2 is 1.67 bits per heavy atom. The number of nitrogens with zero attached hydrogens (tertiary/aromatic N) is 1. The molecule has 0 spiro atoms. The molecule has 1 nitrogen and oxygen atoms in total. The van der Waals surface area contributed by atoms with Gasteiger partial charge in [0.15, 0.2) is 4.84 Å². The summed E-state index contributed by atoms with van der Waals surface area (Å²) < 4.78 is 24.7. The number of rotatable bonds is 2. The van der Waals surface area contributed by atoms with E-state index in [-0.39, 0.29) is 0 Å². The van der Waals surface area contributed by atoms with Crippen LogP contribution in [0, 0.1) is 0 Å². The van der Waals surface area contributed by atoms with Gasteiger partial charge in [0.1, 0.15) is 0 Å². The molecule has 0 aromatic rings. The molecular weight excluding hydrogens is 171 g/mol. The van der Waals surface area contributed by atoms with Gasteiger partial charge in [-0.25, -0.2) is 4.90 Å². The Labute approximate surface area is 62.5 Å². The summed E-state index contributed by atoms with van der Waals surface area (Å²) in [6, 6.07) is -3.14. The largest absolute Gasteiger partial charge is 0.334 e. The molecule has 0 saturated heterocycles. The summed E-state index contributed by atoms with van der Waals surface area (Å²) in [5, 5.41) is 0. The number of hydrogen-bond acceptors (Lipinski definition) is 1. The van der Waals surface area contributed by atoms with Crippen LogP contribution in [0.25, 0.3) is 0 Å². The molecule has 0 N–H and O–H groups in total. The van der Waals surface area contributed by atoms with Crippen LogP contribution in [0.4, 0.5) is 8.78 Å². The number of alkyl halides is 4. The van der Waals surface area contributed by atoms with Gasteiger partial charge in [0.2, 0.25) is 0 Å². The lowest BCUT2D eigenvalue weighted by molar-refractivity contribution is -0.109. The summed E-state index contributed by atoms with van der Waals surface area (Å²) in [5.74, 6) is 0. The first-order chi connectivity index (χ1) is 3.89. The van der Waals surface area contributed by atoms with Crippen molar-refractivity contribution in [2.45, 2.75) is 10.9 Å². The van der Waals surface area contributed by atoms with E-state index in [0.717, 1.165) is 0 Å². The second-order valence-electron chi connectivity index (χ2n) is 1.78. The molecule has 0 unspecified atom stereocenters. The van der Waals surface area contributed by atoms with Gasteiger partial charge in [-0.15, -0.1) is 0 Å². The van der Waals surface area contributed by atoms with Gasteiger partial charge < -0.3 is 0 Å². The SMILES string of the molecule is CN(C)C(F)(F)C(Cl)Cl. The maximum Gasteiger partial charge on any atom is 0.334 e. The van der Waals surface area contributed by atoms with Gasteiger partial charge in [-0.3, -0.25) is 0 Å². The summed E-state index contributed by atoms with van der Waals surface area (Å²) in [6.07, 6.45) is 0. The molecule has 0 radical (unpaired) electrons. The Bertz CT molecular complexity index is 84.6. The van der Waals surface area contributed by atoms with Crippen molar-refractivity contribution in [1.82, 2.24) is 4.90 Å². The average molecular weight is 178 g/mol. The highest BCUT2D eigenvalue weighted by atomic mass is 35.5. The van der Waals surface area contributed by atoms with Gasteiger partial charge in [0.05, 0.1) is 0 Å². The van der Waals surface area contributed by atoms with Crippen LogP contribution in [-0.2, 0) is 0 Å². The molecular formula is C4H7Cl2F2N. The van der Waals surface area contributed by atoms with Gasteiger partial charge in [-0.2, -0.15) is 8.78 Å². The third-order valence-electron chi connectivity index (χ3n) is 0.859. The van der Waals surface area contributed by atoms with Crippen molar-refractivity contribution < 1.29 is 8.78 Å². The monoisotopic (exact) mass is 177 g/mol. The predicted molar refractivity (Wildman–Crippen MR) is 34.1 cm³/mol. The molecule has 0 aliphatic rings. The molecule has 0 aromatic carbocycles. The Balaban J connectivity index is 4.01. The van der Waals surface area contributed by atoms with Crippen molar-refractivity contribution in [1.29, 1.82) is 0 Å². The summed E-state index contributed by atoms with van der Waals surface area (Å²) in [4.78, 5) is -1.01. The van der Waals surface area contributed by atoms with Crippen LogP contribution in [0.5, 0.6) is 0 Å². The highest BCUT2D eigenvalue weighted by molar-refractivity contribution is 6.44. The van der Waals surface area contributed by atoms with Crippen molar-refractivity contribution >= 4 is 23.2 Å². The van der Waals surface area contributed by atoms with E-state index in [1.54, 1.807) is 0 Å². The van der Waals surface area contributed by atoms with Crippen molar-refractivity contribution in [3.05, 3.63) is 0 Å². The summed E-state index contributed by atoms with van der Waals surface area (Å²) in [6.45, 7) is 0. The topological polar surface area (TPSA) is 3.24 Å². The van der Waals surface area contributed by atoms with E-state index in [4.69, 9.17) is 23.2 Å². The molecule has 0 heterocycles. The molecule has 0 saturated carbocycles. The lowest BCUT2D eigenvalue weighted by atomic mass is 10.6. The van der Waals surface area contributed by atoms with Crippen molar-refractivity contribution in [2.24, 2.45) is 0 Å². The molecule has 0 aromatic heterocycles. The van der Waals surface area contributed by atoms with E-state index in [1.807, 2.05) is 0 Å². The quantitative estimate of drug-likeness (QED) is 0.461. The molecule has 9 heavy (non-hydrogen) atoms. The highest BCUT2D eigenvalue weighted by Crippen LogP contribution is 2.27. The Kier molecular flexibility index (Phi) is 3.12. The van der Waals surface area contributed by atoms with E-state index in [0.29, 0.717) is 4.90 Å². The van der Waals surface area contributed by atoms with Crippen molar-refractivity contribution in [3.63, 3.8) is 0 Å². The fourth-order valence-corrected chi connectivity index (χ4v) is 0.586. The van der Waals surface area contributed by atoms with E-state index >= 15 is 0 Å². The molecule has 0 atom stereocenters. The standard InChI is InChI=1S/C4H7Cl2F2N/c1-9(2)4(7,8)3(5)6/h3H,1-2H3. The summed E-state index contributed by atoms with van der Waals surface area (Å²) >= 11 is 9.88. The minimum absolute atomic E-state index is 0.664. The molecule has 0 aliphatic carbocycles. The number of halogens is 4. The minimum Gasteiger partial charge on any atom is -0.248 e. The van der Waals surface area contributed by atoms with Gasteiger partial charge >= 0.3 is 6.05 Å². The second kappa shape index (κ2) is 2.99. The van der Waals surface area contributed by atoms with Crippen LogP contribution < -0.4 is 0 Å². The van der Waals surface area contributed by atoms with Crippen LogP contribution in [0.1, 0.15) is 0 Å². The minimum atomic E-state index is -3.14. The number of hydrogen-bond donors (Lipinski definition) is 0. The summed E-state index contributed by atoms with van der Waals surface area (Å²) in [5.41, 5.74) is 0. The molecule has 5 heteroatoms. The zero-order valence-corrected chi connectivity index (χ0v) is 6.55. The molecule has 0 bridgehead atoms. The van der Waals surface area contributed by atoms with E-state index in [2.05, 4.69) is 0 Å². The third kappa shape index (κ3) is 2.24. The predicted octanol–water partition coefficient (Wildman–Crippen LogP) is 1.94. The van der Waals surface area contributed by atoms with Gasteiger partial charge in [-0.1, -0.05) is 23.2 Å². The van der Waals surface area contributed by atoms with Crippen LogP contribution in [0.2, 0.25) is 0 Å². The van der Waals surface area contributed by atoms with Crippen LogP contribution >= 0.6 is 23.2 Å². The molecule has 0 rings (SSSR count). The Morgan fingerprint density at radius 3 is 1.67 bits per heavy atom. The van der Waals surface area contributed by atoms with E-state index < -0.39 is 10.9 Å². The highest BCUT2D eigenvalue weighted by Gasteiger charge is 2.39.